The number of nitrogens with zero attached hydrogens (tertiary/aromatic N) is 3. The molecule has 0 saturated carbocycles. The van der Waals surface area contributed by atoms with Gasteiger partial charge >= 0.3 is 6.61 Å². The largest absolute Gasteiger partial charge is 0.434 e. The summed E-state index contributed by atoms with van der Waals surface area (Å²) in [4.78, 5) is 20.8. The van der Waals surface area contributed by atoms with Crippen LogP contribution in [0.2, 0.25) is 0 Å². The number of carbonyl (C=O) groups excluding carboxylic acids is 1. The topological polar surface area (TPSA) is 90.1 Å². The number of alkyl halides is 2. The van der Waals surface area contributed by atoms with E-state index in [2.05, 4.69) is 25.2 Å². The molecule has 0 aliphatic carbocycles. The van der Waals surface area contributed by atoms with Crippen molar-refractivity contribution in [2.24, 2.45) is 0 Å². The van der Waals surface area contributed by atoms with Crippen molar-refractivity contribution in [3.63, 3.8) is 0 Å². The van der Waals surface area contributed by atoms with E-state index in [1.807, 2.05) is 0 Å². The summed E-state index contributed by atoms with van der Waals surface area (Å²) in [6.07, 6.45) is 0.223. The zero-order chi connectivity index (χ0) is 23.4. The maximum absolute atomic E-state index is 13.7. The van der Waals surface area contributed by atoms with Gasteiger partial charge in [0.1, 0.15) is 11.6 Å². The highest BCUT2D eigenvalue weighted by atomic mass is 32.1. The number of thiazole rings is 1. The number of amides is 1. The molecule has 0 radical (unpaired) electrons. The molecule has 0 saturated heterocycles. The van der Waals surface area contributed by atoms with Gasteiger partial charge in [-0.05, 0) is 30.7 Å². The van der Waals surface area contributed by atoms with E-state index in [1.165, 1.54) is 12.1 Å². The standard InChI is InChI=1S/C22H17F3N4O3S/c1-12-6-7-13(10-15(12)23)20-28-19(32-29-20)9-8-18(30)27-22-26-16(11-33-22)14-4-2-3-5-17(14)31-21(24)25/h2-7,10-11,21H,8-9H2,1H3,(H,26,27,30). The van der Waals surface area contributed by atoms with Crippen molar-refractivity contribution in [3.8, 4) is 28.4 Å². The smallest absolute Gasteiger partial charge is 0.387 e. The second-order valence-electron chi connectivity index (χ2n) is 6.94. The average Bonchev–Trinajstić information content (AvgIpc) is 3.44. The highest BCUT2D eigenvalue weighted by Crippen LogP contribution is 2.33. The van der Waals surface area contributed by atoms with Crippen LogP contribution in [0.5, 0.6) is 5.75 Å². The van der Waals surface area contributed by atoms with Gasteiger partial charge in [-0.3, -0.25) is 4.79 Å². The Hall–Kier alpha value is -3.73. The molecule has 1 N–H and O–H groups in total. The van der Waals surface area contributed by atoms with Gasteiger partial charge < -0.3 is 14.6 Å². The number of aryl methyl sites for hydroxylation is 2. The molecule has 2 heterocycles. The molecule has 170 valence electrons. The third-order valence-corrected chi connectivity index (χ3v) is 5.35. The Morgan fingerprint density at radius 3 is 2.82 bits per heavy atom. The van der Waals surface area contributed by atoms with E-state index in [1.54, 1.807) is 42.6 Å². The summed E-state index contributed by atoms with van der Waals surface area (Å²) in [6.45, 7) is -1.31. The van der Waals surface area contributed by atoms with Crippen LogP contribution in [0.3, 0.4) is 0 Å². The summed E-state index contributed by atoms with van der Waals surface area (Å²) in [7, 11) is 0. The Morgan fingerprint density at radius 1 is 1.21 bits per heavy atom. The Morgan fingerprint density at radius 2 is 2.03 bits per heavy atom. The van der Waals surface area contributed by atoms with Crippen LogP contribution >= 0.6 is 11.3 Å². The van der Waals surface area contributed by atoms with E-state index in [0.29, 0.717) is 27.5 Å². The van der Waals surface area contributed by atoms with Crippen molar-refractivity contribution in [2.75, 3.05) is 5.32 Å². The number of hydrogen-bond donors (Lipinski definition) is 1. The lowest BCUT2D eigenvalue weighted by Crippen LogP contribution is -2.12. The van der Waals surface area contributed by atoms with Crippen molar-refractivity contribution in [1.29, 1.82) is 0 Å². The predicted molar refractivity (Wildman–Crippen MR) is 116 cm³/mol. The zero-order valence-electron chi connectivity index (χ0n) is 17.2. The van der Waals surface area contributed by atoms with Gasteiger partial charge in [0.2, 0.25) is 17.6 Å². The van der Waals surface area contributed by atoms with Gasteiger partial charge in [0.25, 0.3) is 0 Å². The molecule has 0 fully saturated rings. The number of nitrogens with one attached hydrogen (secondary N) is 1. The molecular weight excluding hydrogens is 457 g/mol. The maximum Gasteiger partial charge on any atom is 0.387 e. The van der Waals surface area contributed by atoms with Crippen LogP contribution < -0.4 is 10.1 Å². The fourth-order valence-electron chi connectivity index (χ4n) is 2.94. The van der Waals surface area contributed by atoms with Crippen LogP contribution in [0.15, 0.2) is 52.4 Å². The molecule has 0 spiro atoms. The van der Waals surface area contributed by atoms with Crippen molar-refractivity contribution in [2.45, 2.75) is 26.4 Å². The molecule has 0 unspecified atom stereocenters. The van der Waals surface area contributed by atoms with Crippen LogP contribution in [0.4, 0.5) is 18.3 Å². The molecule has 2 aromatic carbocycles. The van der Waals surface area contributed by atoms with Crippen LogP contribution in [-0.4, -0.2) is 27.6 Å². The molecule has 0 atom stereocenters. The van der Waals surface area contributed by atoms with E-state index in [0.717, 1.165) is 11.3 Å². The number of para-hydroxylation sites is 1. The molecule has 2 aromatic heterocycles. The van der Waals surface area contributed by atoms with E-state index < -0.39 is 6.61 Å². The molecule has 4 rings (SSSR count). The molecule has 0 aliphatic rings. The first kappa shape index (κ1) is 22.5. The fourth-order valence-corrected chi connectivity index (χ4v) is 3.67. The minimum absolute atomic E-state index is 0.00340. The SMILES string of the molecule is Cc1ccc(-c2noc(CCC(=O)Nc3nc(-c4ccccc4OC(F)F)cs3)n2)cc1F. The lowest BCUT2D eigenvalue weighted by Gasteiger charge is -2.08. The Labute approximate surface area is 190 Å². The van der Waals surface area contributed by atoms with Gasteiger partial charge in [0, 0.05) is 29.3 Å². The predicted octanol–water partition coefficient (Wildman–Crippen LogP) is 5.48. The summed E-state index contributed by atoms with van der Waals surface area (Å²) >= 11 is 1.15. The molecule has 1 amide bonds. The summed E-state index contributed by atoms with van der Waals surface area (Å²) in [5.41, 5.74) is 1.78. The summed E-state index contributed by atoms with van der Waals surface area (Å²) in [6, 6.07) is 10.9. The van der Waals surface area contributed by atoms with Gasteiger partial charge in [0.15, 0.2) is 5.13 Å². The molecule has 11 heteroatoms. The molecule has 33 heavy (non-hydrogen) atoms. The molecular formula is C22H17F3N4O3S. The van der Waals surface area contributed by atoms with Crippen molar-refractivity contribution < 1.29 is 27.2 Å². The Kier molecular flexibility index (Phi) is 6.68. The third kappa shape index (κ3) is 5.55. The minimum Gasteiger partial charge on any atom is -0.434 e. The quantitative estimate of drug-likeness (QED) is 0.364. The van der Waals surface area contributed by atoms with Crippen molar-refractivity contribution in [3.05, 3.63) is 65.1 Å². The first-order chi connectivity index (χ1) is 15.9. The van der Waals surface area contributed by atoms with Crippen LogP contribution in [0.1, 0.15) is 17.9 Å². The summed E-state index contributed by atoms with van der Waals surface area (Å²) in [5.74, 6) is -0.243. The lowest BCUT2D eigenvalue weighted by atomic mass is 10.1. The second kappa shape index (κ2) is 9.82. The number of anilines is 1. The van der Waals surface area contributed by atoms with Gasteiger partial charge in [0.05, 0.1) is 5.69 Å². The van der Waals surface area contributed by atoms with Gasteiger partial charge in [-0.25, -0.2) is 9.37 Å². The average molecular weight is 474 g/mol. The van der Waals surface area contributed by atoms with E-state index in [-0.39, 0.29) is 42.0 Å². The second-order valence-corrected chi connectivity index (χ2v) is 7.79. The highest BCUT2D eigenvalue weighted by Gasteiger charge is 2.16. The van der Waals surface area contributed by atoms with Gasteiger partial charge in [-0.15, -0.1) is 11.3 Å². The monoisotopic (exact) mass is 474 g/mol. The number of halogens is 3. The molecule has 0 aliphatic heterocycles. The van der Waals surface area contributed by atoms with Crippen molar-refractivity contribution in [1.82, 2.24) is 15.1 Å². The molecule has 7 nitrogen and oxygen atoms in total. The van der Waals surface area contributed by atoms with Gasteiger partial charge in [-0.1, -0.05) is 29.4 Å². The molecule has 4 aromatic rings. The fraction of sp³-hybridized carbons (Fsp3) is 0.182. The number of hydrogen-bond acceptors (Lipinski definition) is 7. The number of aromatic nitrogens is 3. The summed E-state index contributed by atoms with van der Waals surface area (Å²) in [5, 5.41) is 8.42. The first-order valence-electron chi connectivity index (χ1n) is 9.78. The number of ether oxygens (including phenoxy) is 1. The van der Waals surface area contributed by atoms with E-state index >= 15 is 0 Å². The number of rotatable bonds is 8. The van der Waals surface area contributed by atoms with E-state index in [9.17, 15) is 18.0 Å². The third-order valence-electron chi connectivity index (χ3n) is 4.59. The highest BCUT2D eigenvalue weighted by molar-refractivity contribution is 7.14. The number of benzene rings is 2. The van der Waals surface area contributed by atoms with E-state index in [4.69, 9.17) is 4.52 Å². The minimum atomic E-state index is -2.96. The first-order valence-corrected chi connectivity index (χ1v) is 10.7. The number of carbonyl (C=O) groups is 1. The van der Waals surface area contributed by atoms with Crippen molar-refractivity contribution >= 4 is 22.4 Å². The van der Waals surface area contributed by atoms with Gasteiger partial charge in [-0.2, -0.15) is 13.8 Å². The zero-order valence-corrected chi connectivity index (χ0v) is 18.0. The Balaban J connectivity index is 1.36. The van der Waals surface area contributed by atoms with Crippen LogP contribution in [0.25, 0.3) is 22.6 Å². The van der Waals surface area contributed by atoms with Crippen LogP contribution in [-0.2, 0) is 11.2 Å². The lowest BCUT2D eigenvalue weighted by molar-refractivity contribution is -0.116. The maximum atomic E-state index is 13.7. The van der Waals surface area contributed by atoms with Crippen LogP contribution in [0, 0.1) is 12.7 Å². The molecule has 0 bridgehead atoms. The Bertz CT molecular complexity index is 1280. The summed E-state index contributed by atoms with van der Waals surface area (Å²) < 4.78 is 48.6. The normalized spacial score (nSPS) is 11.1.